The number of carboxylic acids is 1. The van der Waals surface area contributed by atoms with Crippen LogP contribution in [0.5, 0.6) is 0 Å². The van der Waals surface area contributed by atoms with Crippen molar-refractivity contribution in [2.75, 3.05) is 0 Å². The van der Waals surface area contributed by atoms with Gasteiger partial charge < -0.3 is 20.4 Å². The summed E-state index contributed by atoms with van der Waals surface area (Å²) in [5.74, 6) is -2.49. The largest absolute Gasteiger partial charge is 0.481 e. The van der Waals surface area contributed by atoms with Crippen LogP contribution in [0, 0.1) is 11.8 Å². The number of aliphatic carboxylic acids is 1. The average Bonchev–Trinajstić information content (AvgIpc) is 3.52. The summed E-state index contributed by atoms with van der Waals surface area (Å²) in [4.78, 5) is 39.7. The lowest BCUT2D eigenvalue weighted by atomic mass is 9.88. The number of carbonyl (C=O) groups is 3. The van der Waals surface area contributed by atoms with Crippen molar-refractivity contribution >= 4 is 17.8 Å². The fraction of sp³-hybridized carbons (Fsp3) is 0.457. The molecule has 0 spiro atoms. The zero-order chi connectivity index (χ0) is 30.0. The van der Waals surface area contributed by atoms with Crippen molar-refractivity contribution in [2.24, 2.45) is 11.8 Å². The number of benzene rings is 2. The Morgan fingerprint density at radius 3 is 2.26 bits per heavy atom. The maximum atomic E-state index is 13.5. The minimum absolute atomic E-state index is 0.0223. The van der Waals surface area contributed by atoms with Gasteiger partial charge in [-0.2, -0.15) is 0 Å². The van der Waals surface area contributed by atoms with Gasteiger partial charge in [-0.05, 0) is 60.1 Å². The van der Waals surface area contributed by atoms with Crippen LogP contribution in [0.4, 0.5) is 0 Å². The van der Waals surface area contributed by atoms with E-state index in [0.29, 0.717) is 23.6 Å². The van der Waals surface area contributed by atoms with Crippen molar-refractivity contribution in [1.29, 1.82) is 0 Å². The lowest BCUT2D eigenvalue weighted by molar-refractivity contribution is -0.170. The normalized spacial score (nSPS) is 20.0. The highest BCUT2D eigenvalue weighted by Gasteiger charge is 2.46. The second kappa shape index (κ2) is 15.0. The molecular weight excluding hydrogens is 528 g/mol. The van der Waals surface area contributed by atoms with Crippen molar-refractivity contribution in [2.45, 2.75) is 89.9 Å². The summed E-state index contributed by atoms with van der Waals surface area (Å²) in [6, 6.07) is 15.2. The van der Waals surface area contributed by atoms with E-state index in [0.717, 1.165) is 31.2 Å². The monoisotopic (exact) mass is 572 g/mol. The number of carboxylic acid groups (broad SMARTS) is 1. The van der Waals surface area contributed by atoms with Crippen molar-refractivity contribution in [3.8, 4) is 0 Å². The zero-order valence-corrected chi connectivity index (χ0v) is 24.6. The number of rotatable bonds is 14. The highest BCUT2D eigenvalue weighted by atomic mass is 16.4. The molecule has 224 valence electrons. The standard InChI is InChI=1S/C35H44N2O5/c1-2-3-4-9-27-13-15-28(16-14-27)24-36-33(39)30-20-17-29(18-21-30)25-37(32(38)22-19-26-10-5-6-11-26)35(42)23-8-7-12-31(35)34(40)41/h7-8,12-18,20-21,23,26,31,42H,2-6,9-11,19,22,24-25H2,1H3,(H,36,39)(H,40,41). The number of unbranched alkanes of at least 4 members (excludes halogenated alkanes) is 2. The molecular formula is C35H44N2O5. The number of allylic oxidation sites excluding steroid dienone is 2. The SMILES string of the molecule is CCCCCc1ccc(CNC(=O)c2ccc(CN(C(=O)CCC3CCCC3)C3(O)C=CC=CC3C(=O)O)cc2)cc1. The third-order valence-corrected chi connectivity index (χ3v) is 8.56. The van der Waals surface area contributed by atoms with Gasteiger partial charge in [0.2, 0.25) is 5.91 Å². The van der Waals surface area contributed by atoms with E-state index in [1.54, 1.807) is 36.4 Å². The maximum Gasteiger partial charge on any atom is 0.315 e. The molecule has 2 atom stereocenters. The second-order valence-electron chi connectivity index (χ2n) is 11.7. The number of nitrogens with one attached hydrogen (secondary N) is 1. The van der Waals surface area contributed by atoms with Crippen LogP contribution in [-0.2, 0) is 29.1 Å². The Labute approximate surface area is 249 Å². The quantitative estimate of drug-likeness (QED) is 0.186. The molecule has 4 rings (SSSR count). The van der Waals surface area contributed by atoms with Crippen molar-refractivity contribution < 1.29 is 24.6 Å². The number of aryl methyl sites for hydroxylation is 1. The Balaban J connectivity index is 1.40. The number of amides is 2. The van der Waals surface area contributed by atoms with Gasteiger partial charge in [-0.15, -0.1) is 0 Å². The molecule has 42 heavy (non-hydrogen) atoms. The van der Waals surface area contributed by atoms with Crippen LogP contribution in [-0.4, -0.2) is 38.6 Å². The maximum absolute atomic E-state index is 13.5. The Hall–Kier alpha value is -3.71. The Kier molecular flexibility index (Phi) is 11.1. The Morgan fingerprint density at radius 1 is 0.929 bits per heavy atom. The highest BCUT2D eigenvalue weighted by molar-refractivity contribution is 5.94. The third kappa shape index (κ3) is 8.19. The van der Waals surface area contributed by atoms with Gasteiger partial charge in [0.1, 0.15) is 5.92 Å². The number of nitrogens with zero attached hydrogens (tertiary/aromatic N) is 1. The average molecular weight is 573 g/mol. The lowest BCUT2D eigenvalue weighted by Gasteiger charge is -2.41. The fourth-order valence-electron chi connectivity index (χ4n) is 5.95. The van der Waals surface area contributed by atoms with Gasteiger partial charge >= 0.3 is 5.97 Å². The number of hydrogen-bond acceptors (Lipinski definition) is 4. The molecule has 2 aliphatic carbocycles. The number of hydrogen-bond donors (Lipinski definition) is 3. The van der Waals surface area contributed by atoms with E-state index in [4.69, 9.17) is 0 Å². The van der Waals surface area contributed by atoms with Crippen LogP contribution in [0.3, 0.4) is 0 Å². The molecule has 7 nitrogen and oxygen atoms in total. The fourth-order valence-corrected chi connectivity index (χ4v) is 5.95. The zero-order valence-electron chi connectivity index (χ0n) is 24.6. The van der Waals surface area contributed by atoms with Crippen molar-refractivity contribution in [3.05, 3.63) is 95.1 Å². The van der Waals surface area contributed by atoms with Gasteiger partial charge in [0.05, 0.1) is 0 Å². The van der Waals surface area contributed by atoms with E-state index >= 15 is 0 Å². The van der Waals surface area contributed by atoms with Gasteiger partial charge in [-0.3, -0.25) is 14.4 Å². The number of carbonyl (C=O) groups excluding carboxylic acids is 2. The molecule has 0 bridgehead atoms. The van der Waals surface area contributed by atoms with Gasteiger partial charge in [0, 0.05) is 25.1 Å². The van der Waals surface area contributed by atoms with Crippen LogP contribution < -0.4 is 5.32 Å². The molecule has 1 saturated carbocycles. The number of aliphatic hydroxyl groups is 1. The topological polar surface area (TPSA) is 107 Å². The van der Waals surface area contributed by atoms with Crippen LogP contribution in [0.15, 0.2) is 72.8 Å². The Bertz CT molecular complexity index is 1260. The molecule has 3 N–H and O–H groups in total. The van der Waals surface area contributed by atoms with Crippen LogP contribution in [0.25, 0.3) is 0 Å². The molecule has 0 heterocycles. The van der Waals surface area contributed by atoms with E-state index in [-0.39, 0.29) is 24.8 Å². The second-order valence-corrected chi connectivity index (χ2v) is 11.7. The summed E-state index contributed by atoms with van der Waals surface area (Å²) in [7, 11) is 0. The first kappa shape index (κ1) is 31.2. The predicted molar refractivity (Wildman–Crippen MR) is 163 cm³/mol. The van der Waals surface area contributed by atoms with E-state index in [1.807, 2.05) is 12.1 Å². The van der Waals surface area contributed by atoms with Crippen molar-refractivity contribution in [3.63, 3.8) is 0 Å². The summed E-state index contributed by atoms with van der Waals surface area (Å²) in [5, 5.41) is 24.4. The molecule has 2 amide bonds. The molecule has 7 heteroatoms. The molecule has 2 aromatic carbocycles. The summed E-state index contributed by atoms with van der Waals surface area (Å²) in [5.41, 5.74) is 1.52. The van der Waals surface area contributed by atoms with E-state index < -0.39 is 17.6 Å². The van der Waals surface area contributed by atoms with E-state index in [1.165, 1.54) is 54.7 Å². The predicted octanol–water partition coefficient (Wildman–Crippen LogP) is 6.16. The lowest BCUT2D eigenvalue weighted by Crippen LogP contribution is -2.57. The smallest absolute Gasteiger partial charge is 0.315 e. The van der Waals surface area contributed by atoms with Gasteiger partial charge in [0.15, 0.2) is 5.72 Å². The minimum Gasteiger partial charge on any atom is -0.481 e. The van der Waals surface area contributed by atoms with Crippen LogP contribution >= 0.6 is 0 Å². The molecule has 0 saturated heterocycles. The van der Waals surface area contributed by atoms with Gasteiger partial charge in [-0.1, -0.05) is 100 Å². The minimum atomic E-state index is -1.99. The summed E-state index contributed by atoms with van der Waals surface area (Å²) in [6.45, 7) is 2.64. The van der Waals surface area contributed by atoms with E-state index in [2.05, 4.69) is 24.4 Å². The van der Waals surface area contributed by atoms with Gasteiger partial charge in [0.25, 0.3) is 5.91 Å². The highest BCUT2D eigenvalue weighted by Crippen LogP contribution is 2.33. The van der Waals surface area contributed by atoms with E-state index in [9.17, 15) is 24.6 Å². The van der Waals surface area contributed by atoms with Crippen LogP contribution in [0.1, 0.15) is 91.8 Å². The summed E-state index contributed by atoms with van der Waals surface area (Å²) < 4.78 is 0. The molecule has 2 aromatic rings. The molecule has 0 radical (unpaired) electrons. The summed E-state index contributed by atoms with van der Waals surface area (Å²) >= 11 is 0. The Morgan fingerprint density at radius 2 is 1.60 bits per heavy atom. The van der Waals surface area contributed by atoms with Crippen molar-refractivity contribution in [1.82, 2.24) is 10.2 Å². The molecule has 1 fully saturated rings. The first-order chi connectivity index (χ1) is 20.3. The summed E-state index contributed by atoms with van der Waals surface area (Å²) in [6.07, 6.45) is 16.1. The molecule has 2 unspecified atom stereocenters. The van der Waals surface area contributed by atoms with Crippen LogP contribution in [0.2, 0.25) is 0 Å². The first-order valence-corrected chi connectivity index (χ1v) is 15.4. The molecule has 0 aromatic heterocycles. The third-order valence-electron chi connectivity index (χ3n) is 8.56. The first-order valence-electron chi connectivity index (χ1n) is 15.4. The van der Waals surface area contributed by atoms with Gasteiger partial charge in [-0.25, -0.2) is 0 Å². The molecule has 0 aliphatic heterocycles. The molecule has 2 aliphatic rings.